The lowest BCUT2D eigenvalue weighted by Gasteiger charge is -1.98. The van der Waals surface area contributed by atoms with Crippen LogP contribution in [0, 0.1) is 6.92 Å². The molecule has 0 N–H and O–H groups in total. The SMILES string of the molecule is Cc1cc(=O)c2cc(Br)ccc2o1. The minimum atomic E-state index is 0.0000463. The molecule has 0 spiro atoms. The molecule has 3 heteroatoms. The topological polar surface area (TPSA) is 30.2 Å². The van der Waals surface area contributed by atoms with E-state index in [4.69, 9.17) is 4.42 Å². The molecule has 0 bridgehead atoms. The second-order valence-electron chi connectivity index (χ2n) is 2.86. The number of halogens is 1. The second kappa shape index (κ2) is 3.00. The molecule has 2 rings (SSSR count). The Morgan fingerprint density at radius 2 is 2.08 bits per heavy atom. The van der Waals surface area contributed by atoms with E-state index < -0.39 is 0 Å². The molecule has 0 radical (unpaired) electrons. The van der Waals surface area contributed by atoms with Crippen molar-refractivity contribution in [2.45, 2.75) is 6.92 Å². The van der Waals surface area contributed by atoms with Crippen molar-refractivity contribution in [1.82, 2.24) is 0 Å². The van der Waals surface area contributed by atoms with Gasteiger partial charge in [-0.1, -0.05) is 15.9 Å². The molecule has 0 aliphatic carbocycles. The predicted molar refractivity (Wildman–Crippen MR) is 54.9 cm³/mol. The van der Waals surface area contributed by atoms with Gasteiger partial charge in [0.1, 0.15) is 11.3 Å². The second-order valence-corrected chi connectivity index (χ2v) is 3.78. The molecule has 2 nitrogen and oxygen atoms in total. The van der Waals surface area contributed by atoms with Crippen molar-refractivity contribution in [3.63, 3.8) is 0 Å². The average Bonchev–Trinajstić information content (AvgIpc) is 2.06. The zero-order valence-corrected chi connectivity index (χ0v) is 8.59. The number of fused-ring (bicyclic) bond motifs is 1. The van der Waals surface area contributed by atoms with Crippen LogP contribution < -0.4 is 5.43 Å². The molecule has 13 heavy (non-hydrogen) atoms. The molecule has 1 heterocycles. The lowest BCUT2D eigenvalue weighted by atomic mass is 10.2. The molecule has 2 aromatic rings. The average molecular weight is 239 g/mol. The van der Waals surface area contributed by atoms with Crippen LogP contribution in [0.5, 0.6) is 0 Å². The van der Waals surface area contributed by atoms with E-state index in [0.717, 1.165) is 4.47 Å². The van der Waals surface area contributed by atoms with Crippen LogP contribution in [0.4, 0.5) is 0 Å². The van der Waals surface area contributed by atoms with E-state index in [1.54, 1.807) is 19.1 Å². The van der Waals surface area contributed by atoms with Crippen LogP contribution in [0.3, 0.4) is 0 Å². The highest BCUT2D eigenvalue weighted by Crippen LogP contribution is 2.17. The summed E-state index contributed by atoms with van der Waals surface area (Å²) in [7, 11) is 0. The Balaban J connectivity index is 2.95. The van der Waals surface area contributed by atoms with Crippen molar-refractivity contribution >= 4 is 26.9 Å². The normalized spacial score (nSPS) is 10.6. The molecule has 0 atom stereocenters. The minimum Gasteiger partial charge on any atom is -0.461 e. The molecular weight excluding hydrogens is 232 g/mol. The molecule has 0 aliphatic heterocycles. The van der Waals surface area contributed by atoms with Crippen LogP contribution in [0.2, 0.25) is 0 Å². The third-order valence-corrected chi connectivity index (χ3v) is 2.31. The summed E-state index contributed by atoms with van der Waals surface area (Å²) in [5.74, 6) is 0.639. The molecule has 0 saturated heterocycles. The van der Waals surface area contributed by atoms with Gasteiger partial charge in [0, 0.05) is 10.5 Å². The smallest absolute Gasteiger partial charge is 0.192 e. The first kappa shape index (κ1) is 8.51. The maximum atomic E-state index is 11.5. The van der Waals surface area contributed by atoms with Gasteiger partial charge in [0.2, 0.25) is 0 Å². The van der Waals surface area contributed by atoms with E-state index in [-0.39, 0.29) is 5.43 Å². The summed E-state index contributed by atoms with van der Waals surface area (Å²) in [6.45, 7) is 1.77. The van der Waals surface area contributed by atoms with E-state index in [1.165, 1.54) is 6.07 Å². The zero-order valence-electron chi connectivity index (χ0n) is 7.00. The van der Waals surface area contributed by atoms with Gasteiger partial charge in [-0.3, -0.25) is 4.79 Å². The monoisotopic (exact) mass is 238 g/mol. The molecule has 0 amide bonds. The van der Waals surface area contributed by atoms with Crippen LogP contribution in [0.1, 0.15) is 5.76 Å². The van der Waals surface area contributed by atoms with Gasteiger partial charge < -0.3 is 4.42 Å². The van der Waals surface area contributed by atoms with Crippen molar-refractivity contribution in [3.05, 3.63) is 44.7 Å². The first-order valence-corrected chi connectivity index (χ1v) is 4.66. The van der Waals surface area contributed by atoms with Gasteiger partial charge in [-0.25, -0.2) is 0 Å². The summed E-state index contributed by atoms with van der Waals surface area (Å²) in [4.78, 5) is 11.5. The summed E-state index contributed by atoms with van der Waals surface area (Å²) in [6.07, 6.45) is 0. The van der Waals surface area contributed by atoms with Crippen LogP contribution in [0.25, 0.3) is 11.0 Å². The summed E-state index contributed by atoms with van der Waals surface area (Å²) >= 11 is 3.30. The van der Waals surface area contributed by atoms with Crippen molar-refractivity contribution in [1.29, 1.82) is 0 Å². The molecule has 0 unspecified atom stereocenters. The third-order valence-electron chi connectivity index (χ3n) is 1.81. The third kappa shape index (κ3) is 1.52. The molecule has 0 saturated carbocycles. The van der Waals surface area contributed by atoms with Gasteiger partial charge >= 0.3 is 0 Å². The van der Waals surface area contributed by atoms with Crippen molar-refractivity contribution in [2.24, 2.45) is 0 Å². The summed E-state index contributed by atoms with van der Waals surface area (Å²) in [6, 6.07) is 6.90. The Kier molecular flexibility index (Phi) is 1.96. The molecule has 1 aromatic heterocycles. The number of hydrogen-bond acceptors (Lipinski definition) is 2. The fraction of sp³-hybridized carbons (Fsp3) is 0.100. The van der Waals surface area contributed by atoms with Gasteiger partial charge in [-0.2, -0.15) is 0 Å². The fourth-order valence-electron chi connectivity index (χ4n) is 1.25. The largest absolute Gasteiger partial charge is 0.461 e. The minimum absolute atomic E-state index is 0.0000463. The van der Waals surface area contributed by atoms with Gasteiger partial charge in [0.05, 0.1) is 5.39 Å². The lowest BCUT2D eigenvalue weighted by molar-refractivity contribution is 0.565. The highest BCUT2D eigenvalue weighted by Gasteiger charge is 2.01. The summed E-state index contributed by atoms with van der Waals surface area (Å²) < 4.78 is 6.26. The van der Waals surface area contributed by atoms with Crippen LogP contribution in [0.15, 0.2) is 37.9 Å². The number of rotatable bonds is 0. The van der Waals surface area contributed by atoms with E-state index in [1.807, 2.05) is 6.07 Å². The Bertz CT molecular complexity index is 514. The number of benzene rings is 1. The van der Waals surface area contributed by atoms with Gasteiger partial charge in [-0.15, -0.1) is 0 Å². The fourth-order valence-corrected chi connectivity index (χ4v) is 1.61. The van der Waals surface area contributed by atoms with Crippen LogP contribution in [-0.2, 0) is 0 Å². The molecular formula is C10H7BrO2. The Hall–Kier alpha value is -1.09. The van der Waals surface area contributed by atoms with E-state index in [9.17, 15) is 4.79 Å². The molecule has 0 aliphatic rings. The molecule has 1 aromatic carbocycles. The van der Waals surface area contributed by atoms with Gasteiger partial charge in [0.25, 0.3) is 0 Å². The van der Waals surface area contributed by atoms with E-state index >= 15 is 0 Å². The van der Waals surface area contributed by atoms with Crippen LogP contribution >= 0.6 is 15.9 Å². The van der Waals surface area contributed by atoms with Crippen molar-refractivity contribution < 1.29 is 4.42 Å². The van der Waals surface area contributed by atoms with E-state index in [0.29, 0.717) is 16.7 Å². The Morgan fingerprint density at radius 1 is 1.31 bits per heavy atom. The van der Waals surface area contributed by atoms with Crippen LogP contribution in [-0.4, -0.2) is 0 Å². The van der Waals surface area contributed by atoms with Crippen molar-refractivity contribution in [3.8, 4) is 0 Å². The summed E-state index contributed by atoms with van der Waals surface area (Å²) in [5, 5.41) is 0.611. The number of hydrogen-bond donors (Lipinski definition) is 0. The highest BCUT2D eigenvalue weighted by molar-refractivity contribution is 9.10. The molecule has 66 valence electrons. The van der Waals surface area contributed by atoms with Gasteiger partial charge in [0.15, 0.2) is 5.43 Å². The Morgan fingerprint density at radius 3 is 2.85 bits per heavy atom. The first-order valence-electron chi connectivity index (χ1n) is 3.87. The maximum Gasteiger partial charge on any atom is 0.192 e. The van der Waals surface area contributed by atoms with E-state index in [2.05, 4.69) is 15.9 Å². The standard InChI is InChI=1S/C10H7BrO2/c1-6-4-9(12)8-5-7(11)2-3-10(8)13-6/h2-5H,1H3. The number of aryl methyl sites for hydroxylation is 1. The zero-order chi connectivity index (χ0) is 9.42. The highest BCUT2D eigenvalue weighted by atomic mass is 79.9. The molecule has 0 fully saturated rings. The maximum absolute atomic E-state index is 11.5. The lowest BCUT2D eigenvalue weighted by Crippen LogP contribution is -1.99. The quantitative estimate of drug-likeness (QED) is 0.707. The first-order chi connectivity index (χ1) is 6.16. The summed E-state index contributed by atoms with van der Waals surface area (Å²) in [5.41, 5.74) is 0.633. The van der Waals surface area contributed by atoms with Gasteiger partial charge in [-0.05, 0) is 25.1 Å². The Labute approximate surface area is 83.3 Å². The van der Waals surface area contributed by atoms with Crippen molar-refractivity contribution in [2.75, 3.05) is 0 Å². The predicted octanol–water partition coefficient (Wildman–Crippen LogP) is 2.86.